The molecule has 4 nitrogen and oxygen atoms in total. The van der Waals surface area contributed by atoms with Crippen molar-refractivity contribution in [1.29, 1.82) is 5.26 Å². The third kappa shape index (κ3) is 4.09. The summed E-state index contributed by atoms with van der Waals surface area (Å²) >= 11 is 0. The Hall–Kier alpha value is -2.28. The van der Waals surface area contributed by atoms with Crippen LogP contribution in [0.25, 0.3) is 0 Å². The lowest BCUT2D eigenvalue weighted by molar-refractivity contribution is -0.112. The van der Waals surface area contributed by atoms with E-state index in [9.17, 15) is 10.1 Å². The van der Waals surface area contributed by atoms with Gasteiger partial charge in [0.15, 0.2) is 0 Å². The molecule has 1 N–H and O–H groups in total. The molecule has 0 saturated carbocycles. The Morgan fingerprint density at radius 1 is 1.48 bits per heavy atom. The minimum Gasteiger partial charge on any atom is -0.376 e. The lowest BCUT2D eigenvalue weighted by atomic mass is 10.0. The first-order valence-corrected chi connectivity index (χ1v) is 7.33. The normalized spacial score (nSPS) is 19.0. The molecule has 0 aromatic heterocycles. The summed E-state index contributed by atoms with van der Waals surface area (Å²) in [5, 5.41) is 12.0. The van der Waals surface area contributed by atoms with Crippen LogP contribution in [0.2, 0.25) is 0 Å². The van der Waals surface area contributed by atoms with Crippen molar-refractivity contribution in [2.24, 2.45) is 5.92 Å². The van der Waals surface area contributed by atoms with Gasteiger partial charge in [-0.25, -0.2) is 0 Å². The van der Waals surface area contributed by atoms with Gasteiger partial charge in [-0.05, 0) is 37.3 Å². The molecule has 1 aliphatic rings. The number of rotatable bonds is 3. The van der Waals surface area contributed by atoms with E-state index in [2.05, 4.69) is 17.1 Å². The van der Waals surface area contributed by atoms with E-state index in [0.29, 0.717) is 5.92 Å². The summed E-state index contributed by atoms with van der Waals surface area (Å²) in [6.45, 7) is 5.94. The molecule has 0 radical (unpaired) electrons. The maximum Gasteiger partial charge on any atom is 0.267 e. The van der Waals surface area contributed by atoms with E-state index in [-0.39, 0.29) is 11.5 Å². The number of benzene rings is 1. The van der Waals surface area contributed by atoms with Crippen LogP contribution in [-0.4, -0.2) is 23.9 Å². The molecule has 1 saturated heterocycles. The number of amides is 1. The van der Waals surface area contributed by atoms with Crippen LogP contribution in [0.4, 0.5) is 5.69 Å². The monoisotopic (exact) mass is 283 g/mol. The predicted octanol–water partition coefficient (Wildman–Crippen LogP) is 3.07. The molecule has 1 heterocycles. The van der Waals surface area contributed by atoms with Gasteiger partial charge in [-0.3, -0.25) is 4.79 Å². The fraction of sp³-hybridized carbons (Fsp3) is 0.412. The standard InChI is InChI=1S/C17H21N3O/c1-13-6-5-9-20(11-13)12-15(10-18)17(21)19-16-8-4-3-7-14(16)2/h3-4,7-8,12-13H,5-6,9,11H2,1-2H3,(H,19,21)/b15-12-. The summed E-state index contributed by atoms with van der Waals surface area (Å²) in [5.41, 5.74) is 1.89. The first kappa shape index (κ1) is 15.1. The fourth-order valence-electron chi connectivity index (χ4n) is 2.57. The molecule has 1 amide bonds. The van der Waals surface area contributed by atoms with E-state index in [4.69, 9.17) is 0 Å². The van der Waals surface area contributed by atoms with Crippen molar-refractivity contribution >= 4 is 11.6 Å². The minimum atomic E-state index is -0.343. The third-order valence-electron chi connectivity index (χ3n) is 3.76. The van der Waals surface area contributed by atoms with Crippen LogP contribution in [0.5, 0.6) is 0 Å². The topological polar surface area (TPSA) is 56.1 Å². The summed E-state index contributed by atoms with van der Waals surface area (Å²) in [6, 6.07) is 9.56. The molecule has 0 bridgehead atoms. The molecule has 1 unspecified atom stereocenters. The second kappa shape index (κ2) is 6.94. The molecule has 0 spiro atoms. The van der Waals surface area contributed by atoms with Gasteiger partial charge in [-0.15, -0.1) is 0 Å². The lowest BCUT2D eigenvalue weighted by Gasteiger charge is -2.29. The van der Waals surface area contributed by atoms with Gasteiger partial charge in [0.25, 0.3) is 5.91 Å². The van der Waals surface area contributed by atoms with E-state index >= 15 is 0 Å². The summed E-state index contributed by atoms with van der Waals surface area (Å²) in [5.74, 6) is 0.263. The second-order valence-electron chi connectivity index (χ2n) is 5.67. The van der Waals surface area contributed by atoms with Crippen LogP contribution in [-0.2, 0) is 4.79 Å². The van der Waals surface area contributed by atoms with E-state index in [1.54, 1.807) is 6.20 Å². The number of piperidine rings is 1. The van der Waals surface area contributed by atoms with Gasteiger partial charge in [0, 0.05) is 25.0 Å². The quantitative estimate of drug-likeness (QED) is 0.685. The number of hydrogen-bond donors (Lipinski definition) is 1. The SMILES string of the molecule is Cc1ccccc1NC(=O)/C(C#N)=C\N1CCCC(C)C1. The van der Waals surface area contributed by atoms with Crippen molar-refractivity contribution < 1.29 is 4.79 Å². The molecule has 1 fully saturated rings. The summed E-state index contributed by atoms with van der Waals surface area (Å²) in [4.78, 5) is 14.3. The third-order valence-corrected chi connectivity index (χ3v) is 3.76. The van der Waals surface area contributed by atoms with Gasteiger partial charge >= 0.3 is 0 Å². The Balaban J connectivity index is 2.08. The number of nitrogens with one attached hydrogen (secondary N) is 1. The van der Waals surface area contributed by atoms with Gasteiger partial charge in [0.2, 0.25) is 0 Å². The Morgan fingerprint density at radius 3 is 2.90 bits per heavy atom. The number of nitrogens with zero attached hydrogens (tertiary/aromatic N) is 2. The van der Waals surface area contributed by atoms with E-state index in [0.717, 1.165) is 30.8 Å². The highest BCUT2D eigenvalue weighted by atomic mass is 16.1. The molecule has 1 aromatic carbocycles. The fourth-order valence-corrected chi connectivity index (χ4v) is 2.57. The number of para-hydroxylation sites is 1. The average Bonchev–Trinajstić information content (AvgIpc) is 2.47. The molecular formula is C17H21N3O. The number of aryl methyl sites for hydroxylation is 1. The van der Waals surface area contributed by atoms with Crippen LogP contribution < -0.4 is 5.32 Å². The number of nitriles is 1. The Kier molecular flexibility index (Phi) is 4.99. The Labute approximate surface area is 126 Å². The first-order valence-electron chi connectivity index (χ1n) is 7.33. The molecule has 1 aromatic rings. The molecule has 4 heteroatoms. The van der Waals surface area contributed by atoms with Crippen molar-refractivity contribution in [2.45, 2.75) is 26.7 Å². The molecule has 1 aliphatic heterocycles. The van der Waals surface area contributed by atoms with Gasteiger partial charge < -0.3 is 10.2 Å². The van der Waals surface area contributed by atoms with E-state index in [1.807, 2.05) is 37.3 Å². The minimum absolute atomic E-state index is 0.160. The number of carbonyl (C=O) groups excluding carboxylic acids is 1. The number of carbonyl (C=O) groups is 1. The molecule has 0 aliphatic carbocycles. The van der Waals surface area contributed by atoms with E-state index in [1.165, 1.54) is 6.42 Å². The maximum absolute atomic E-state index is 12.2. The highest BCUT2D eigenvalue weighted by Gasteiger charge is 2.17. The summed E-state index contributed by atoms with van der Waals surface area (Å²) in [6.07, 6.45) is 4.01. The zero-order valence-electron chi connectivity index (χ0n) is 12.6. The lowest BCUT2D eigenvalue weighted by Crippen LogP contribution is -2.31. The van der Waals surface area contributed by atoms with E-state index < -0.39 is 0 Å². The van der Waals surface area contributed by atoms with Gasteiger partial charge in [-0.2, -0.15) is 5.26 Å². The molecular weight excluding hydrogens is 262 g/mol. The Morgan fingerprint density at radius 2 is 2.24 bits per heavy atom. The second-order valence-corrected chi connectivity index (χ2v) is 5.67. The number of anilines is 1. The van der Waals surface area contributed by atoms with Crippen LogP contribution in [0, 0.1) is 24.2 Å². The highest BCUT2D eigenvalue weighted by molar-refractivity contribution is 6.06. The highest BCUT2D eigenvalue weighted by Crippen LogP contribution is 2.18. The average molecular weight is 283 g/mol. The van der Waals surface area contributed by atoms with Crippen LogP contribution in [0.1, 0.15) is 25.3 Å². The van der Waals surface area contributed by atoms with Crippen LogP contribution in [0.15, 0.2) is 36.0 Å². The first-order chi connectivity index (χ1) is 10.1. The van der Waals surface area contributed by atoms with Crippen molar-refractivity contribution in [2.75, 3.05) is 18.4 Å². The number of likely N-dealkylation sites (tertiary alicyclic amines) is 1. The molecule has 21 heavy (non-hydrogen) atoms. The maximum atomic E-state index is 12.2. The van der Waals surface area contributed by atoms with Gasteiger partial charge in [0.1, 0.15) is 11.6 Å². The summed E-state index contributed by atoms with van der Waals surface area (Å²) < 4.78 is 0. The Bertz CT molecular complexity index is 586. The zero-order valence-corrected chi connectivity index (χ0v) is 12.6. The van der Waals surface area contributed by atoms with Crippen LogP contribution in [0.3, 0.4) is 0 Å². The van der Waals surface area contributed by atoms with Gasteiger partial charge in [0.05, 0.1) is 0 Å². The summed E-state index contributed by atoms with van der Waals surface area (Å²) in [7, 11) is 0. The van der Waals surface area contributed by atoms with Crippen LogP contribution >= 0.6 is 0 Å². The zero-order chi connectivity index (χ0) is 15.2. The van der Waals surface area contributed by atoms with Crippen molar-refractivity contribution in [1.82, 2.24) is 4.90 Å². The van der Waals surface area contributed by atoms with Crippen molar-refractivity contribution in [3.63, 3.8) is 0 Å². The molecule has 1 atom stereocenters. The van der Waals surface area contributed by atoms with Crippen molar-refractivity contribution in [3.05, 3.63) is 41.6 Å². The van der Waals surface area contributed by atoms with Gasteiger partial charge in [-0.1, -0.05) is 25.1 Å². The predicted molar refractivity (Wildman–Crippen MR) is 83.5 cm³/mol. The largest absolute Gasteiger partial charge is 0.376 e. The molecule has 2 rings (SSSR count). The van der Waals surface area contributed by atoms with Crippen molar-refractivity contribution in [3.8, 4) is 6.07 Å². The molecule has 110 valence electrons. The number of hydrogen-bond acceptors (Lipinski definition) is 3. The smallest absolute Gasteiger partial charge is 0.267 e.